The Kier molecular flexibility index (Phi) is 4.22. The van der Waals surface area contributed by atoms with Gasteiger partial charge in [-0.15, -0.1) is 0 Å². The molecule has 2 fully saturated rings. The molecule has 0 spiro atoms. The van der Waals surface area contributed by atoms with E-state index in [1.165, 1.54) is 45.3 Å². The van der Waals surface area contributed by atoms with Gasteiger partial charge in [0.05, 0.1) is 0 Å². The van der Waals surface area contributed by atoms with Crippen molar-refractivity contribution in [3.8, 4) is 0 Å². The van der Waals surface area contributed by atoms with Crippen LogP contribution in [0.2, 0.25) is 0 Å². The number of likely N-dealkylation sites (tertiary alicyclic amines) is 1. The van der Waals surface area contributed by atoms with Crippen LogP contribution in [0.3, 0.4) is 0 Å². The van der Waals surface area contributed by atoms with Gasteiger partial charge in [-0.25, -0.2) is 0 Å². The van der Waals surface area contributed by atoms with Crippen molar-refractivity contribution in [3.05, 3.63) is 0 Å². The van der Waals surface area contributed by atoms with Crippen molar-refractivity contribution < 1.29 is 0 Å². The molecule has 3 heteroatoms. The molecule has 16 heavy (non-hydrogen) atoms. The molecule has 0 aromatic carbocycles. The van der Waals surface area contributed by atoms with Crippen molar-refractivity contribution in [2.24, 2.45) is 11.7 Å². The summed E-state index contributed by atoms with van der Waals surface area (Å²) in [6, 6.07) is 1.59. The summed E-state index contributed by atoms with van der Waals surface area (Å²) < 4.78 is 0. The van der Waals surface area contributed by atoms with Gasteiger partial charge in [-0.05, 0) is 64.8 Å². The zero-order chi connectivity index (χ0) is 11.5. The summed E-state index contributed by atoms with van der Waals surface area (Å²) in [5.74, 6) is 0.772. The van der Waals surface area contributed by atoms with Gasteiger partial charge in [-0.3, -0.25) is 0 Å². The lowest BCUT2D eigenvalue weighted by Gasteiger charge is -2.47. The fourth-order valence-corrected chi connectivity index (χ4v) is 3.28. The predicted octanol–water partition coefficient (Wildman–Crippen LogP) is 1.14. The van der Waals surface area contributed by atoms with E-state index in [1.54, 1.807) is 0 Å². The largest absolute Gasteiger partial charge is 0.330 e. The number of nitrogens with two attached hydrogens (primary N) is 1. The highest BCUT2D eigenvalue weighted by Crippen LogP contribution is 2.33. The van der Waals surface area contributed by atoms with Gasteiger partial charge < -0.3 is 15.5 Å². The standard InChI is InChI=1S/C13H27N3/c1-3-16-8-6-12(7-9-16)15(2)13-5-4-11(13)10-14/h11-13H,3-10,14H2,1-2H3. The zero-order valence-electron chi connectivity index (χ0n) is 10.9. The Morgan fingerprint density at radius 2 is 1.88 bits per heavy atom. The van der Waals surface area contributed by atoms with E-state index >= 15 is 0 Å². The van der Waals surface area contributed by atoms with Crippen LogP contribution < -0.4 is 5.73 Å². The third kappa shape index (κ3) is 2.41. The Labute approximate surface area is 100.0 Å². The van der Waals surface area contributed by atoms with Gasteiger partial charge in [-0.2, -0.15) is 0 Å². The summed E-state index contributed by atoms with van der Waals surface area (Å²) in [5, 5.41) is 0. The van der Waals surface area contributed by atoms with Crippen LogP contribution in [0.25, 0.3) is 0 Å². The molecule has 2 unspecified atom stereocenters. The smallest absolute Gasteiger partial charge is 0.0136 e. The molecular weight excluding hydrogens is 198 g/mol. The normalized spacial score (nSPS) is 33.0. The molecule has 1 aliphatic heterocycles. The number of hydrogen-bond acceptors (Lipinski definition) is 3. The maximum absolute atomic E-state index is 5.80. The second-order valence-corrected chi connectivity index (χ2v) is 5.47. The number of hydrogen-bond donors (Lipinski definition) is 1. The Morgan fingerprint density at radius 3 is 2.31 bits per heavy atom. The van der Waals surface area contributed by atoms with Crippen LogP contribution in [-0.2, 0) is 0 Å². The summed E-state index contributed by atoms with van der Waals surface area (Å²) in [7, 11) is 2.32. The first kappa shape index (κ1) is 12.3. The van der Waals surface area contributed by atoms with E-state index in [0.717, 1.165) is 24.5 Å². The molecular formula is C13H27N3. The van der Waals surface area contributed by atoms with Crippen LogP contribution in [0.5, 0.6) is 0 Å². The summed E-state index contributed by atoms with van der Waals surface area (Å²) in [6.07, 6.45) is 5.40. The Morgan fingerprint density at radius 1 is 1.19 bits per heavy atom. The lowest BCUT2D eigenvalue weighted by Crippen LogP contribution is -2.54. The van der Waals surface area contributed by atoms with Crippen LogP contribution in [0.4, 0.5) is 0 Å². The summed E-state index contributed by atoms with van der Waals surface area (Å²) in [5.41, 5.74) is 5.80. The molecule has 1 heterocycles. The molecule has 0 bridgehead atoms. The van der Waals surface area contributed by atoms with E-state index in [1.807, 2.05) is 0 Å². The van der Waals surface area contributed by atoms with Crippen molar-refractivity contribution >= 4 is 0 Å². The minimum absolute atomic E-state index is 0.772. The monoisotopic (exact) mass is 225 g/mol. The van der Waals surface area contributed by atoms with Crippen molar-refractivity contribution in [3.63, 3.8) is 0 Å². The minimum Gasteiger partial charge on any atom is -0.330 e. The highest BCUT2D eigenvalue weighted by molar-refractivity contribution is 4.92. The second-order valence-electron chi connectivity index (χ2n) is 5.47. The van der Waals surface area contributed by atoms with Crippen LogP contribution in [0, 0.1) is 5.92 Å². The summed E-state index contributed by atoms with van der Waals surface area (Å²) >= 11 is 0. The zero-order valence-corrected chi connectivity index (χ0v) is 10.9. The van der Waals surface area contributed by atoms with Gasteiger partial charge >= 0.3 is 0 Å². The maximum Gasteiger partial charge on any atom is 0.0136 e. The number of rotatable bonds is 4. The van der Waals surface area contributed by atoms with Crippen LogP contribution in [-0.4, -0.2) is 55.1 Å². The van der Waals surface area contributed by atoms with Gasteiger partial charge in [0.2, 0.25) is 0 Å². The highest BCUT2D eigenvalue weighted by atomic mass is 15.2. The van der Waals surface area contributed by atoms with E-state index in [-0.39, 0.29) is 0 Å². The second kappa shape index (κ2) is 5.48. The average molecular weight is 225 g/mol. The average Bonchev–Trinajstić information content (AvgIpc) is 2.28. The molecule has 2 rings (SSSR count). The number of piperidine rings is 1. The first-order valence-corrected chi connectivity index (χ1v) is 6.90. The quantitative estimate of drug-likeness (QED) is 0.779. The fourth-order valence-electron chi connectivity index (χ4n) is 3.28. The van der Waals surface area contributed by atoms with Gasteiger partial charge in [0, 0.05) is 12.1 Å². The maximum atomic E-state index is 5.80. The number of nitrogens with zero attached hydrogens (tertiary/aromatic N) is 2. The minimum atomic E-state index is 0.772. The summed E-state index contributed by atoms with van der Waals surface area (Å²) in [4.78, 5) is 5.19. The topological polar surface area (TPSA) is 32.5 Å². The lowest BCUT2D eigenvalue weighted by molar-refractivity contribution is 0.0270. The first-order valence-electron chi connectivity index (χ1n) is 6.90. The fraction of sp³-hybridized carbons (Fsp3) is 1.00. The Bertz CT molecular complexity index is 209. The summed E-state index contributed by atoms with van der Waals surface area (Å²) in [6.45, 7) is 6.92. The molecule has 2 atom stereocenters. The SMILES string of the molecule is CCN1CCC(N(C)C2CCC2CN)CC1. The van der Waals surface area contributed by atoms with Crippen molar-refractivity contribution in [2.75, 3.05) is 33.2 Å². The van der Waals surface area contributed by atoms with Gasteiger partial charge in [0.15, 0.2) is 0 Å². The Balaban J connectivity index is 1.80. The molecule has 0 radical (unpaired) electrons. The van der Waals surface area contributed by atoms with Gasteiger partial charge in [-0.1, -0.05) is 6.92 Å². The van der Waals surface area contributed by atoms with Crippen LogP contribution in [0.15, 0.2) is 0 Å². The van der Waals surface area contributed by atoms with Crippen LogP contribution >= 0.6 is 0 Å². The molecule has 2 aliphatic rings. The van der Waals surface area contributed by atoms with Crippen molar-refractivity contribution in [2.45, 2.75) is 44.7 Å². The molecule has 3 nitrogen and oxygen atoms in total. The van der Waals surface area contributed by atoms with Gasteiger partial charge in [0.1, 0.15) is 0 Å². The molecule has 1 saturated heterocycles. The molecule has 2 N–H and O–H groups in total. The predicted molar refractivity (Wildman–Crippen MR) is 68.5 cm³/mol. The molecule has 94 valence electrons. The molecule has 0 aromatic heterocycles. The first-order chi connectivity index (χ1) is 7.76. The van der Waals surface area contributed by atoms with Crippen molar-refractivity contribution in [1.29, 1.82) is 0 Å². The van der Waals surface area contributed by atoms with Crippen LogP contribution in [0.1, 0.15) is 32.6 Å². The van der Waals surface area contributed by atoms with Gasteiger partial charge in [0.25, 0.3) is 0 Å². The molecule has 1 aliphatic carbocycles. The van der Waals surface area contributed by atoms with E-state index in [2.05, 4.69) is 23.8 Å². The third-order valence-electron chi connectivity index (χ3n) is 4.78. The van der Waals surface area contributed by atoms with E-state index in [0.29, 0.717) is 0 Å². The van der Waals surface area contributed by atoms with E-state index in [9.17, 15) is 0 Å². The van der Waals surface area contributed by atoms with E-state index < -0.39 is 0 Å². The molecule has 1 saturated carbocycles. The molecule has 0 amide bonds. The van der Waals surface area contributed by atoms with E-state index in [4.69, 9.17) is 5.73 Å². The third-order valence-corrected chi connectivity index (χ3v) is 4.78. The van der Waals surface area contributed by atoms with Crippen molar-refractivity contribution in [1.82, 2.24) is 9.80 Å². The lowest BCUT2D eigenvalue weighted by atomic mass is 9.77. The molecule has 0 aromatic rings. The highest BCUT2D eigenvalue weighted by Gasteiger charge is 2.36. The Hall–Kier alpha value is -0.120.